The Morgan fingerprint density at radius 1 is 1.47 bits per heavy atom. The van der Waals surface area contributed by atoms with Gasteiger partial charge in [0.05, 0.1) is 0 Å². The van der Waals surface area contributed by atoms with Crippen LogP contribution >= 0.6 is 0 Å². The molecule has 1 fully saturated rings. The van der Waals surface area contributed by atoms with Crippen LogP contribution in [0.25, 0.3) is 5.65 Å². The summed E-state index contributed by atoms with van der Waals surface area (Å²) in [6, 6.07) is 5.01. The van der Waals surface area contributed by atoms with E-state index in [1.807, 2.05) is 0 Å². The molecule has 0 spiro atoms. The molecule has 1 atom stereocenters. The van der Waals surface area contributed by atoms with Gasteiger partial charge >= 0.3 is 5.97 Å². The third kappa shape index (κ3) is 2.31. The molecule has 3 rings (SSSR count). The minimum atomic E-state index is -0.966. The van der Waals surface area contributed by atoms with Gasteiger partial charge in [0.15, 0.2) is 5.65 Å². The van der Waals surface area contributed by atoms with Crippen LogP contribution < -0.4 is 0 Å². The Morgan fingerprint density at radius 3 is 3.11 bits per heavy atom. The number of carboxylic acids is 1. The molecule has 6 heteroatoms. The van der Waals surface area contributed by atoms with Crippen LogP contribution in [0, 0.1) is 5.92 Å². The Kier molecular flexibility index (Phi) is 3.16. The standard InChI is InChI=1S/C13H15N3O3/c17-13(18)10-4-1-5-11-14-15-12(16(10)11)7-9-3-2-6-19-8-9/h1,4-5,9H,2-3,6-8H2,(H,17,18). The molecule has 0 saturated carbocycles. The summed E-state index contributed by atoms with van der Waals surface area (Å²) < 4.78 is 7.07. The number of hydrogen-bond donors (Lipinski definition) is 1. The molecule has 19 heavy (non-hydrogen) atoms. The van der Waals surface area contributed by atoms with Crippen LogP contribution in [0.1, 0.15) is 29.2 Å². The number of aromatic nitrogens is 3. The molecule has 0 aromatic carbocycles. The summed E-state index contributed by atoms with van der Waals surface area (Å²) in [5.41, 5.74) is 0.779. The van der Waals surface area contributed by atoms with Crippen molar-refractivity contribution < 1.29 is 14.6 Å². The maximum absolute atomic E-state index is 11.3. The summed E-state index contributed by atoms with van der Waals surface area (Å²) in [4.78, 5) is 11.3. The van der Waals surface area contributed by atoms with Crippen molar-refractivity contribution in [1.29, 1.82) is 0 Å². The smallest absolute Gasteiger partial charge is 0.352 e. The van der Waals surface area contributed by atoms with Crippen LogP contribution in [-0.4, -0.2) is 38.9 Å². The molecule has 1 saturated heterocycles. The van der Waals surface area contributed by atoms with E-state index in [4.69, 9.17) is 4.74 Å². The molecular formula is C13H15N3O3. The Bertz CT molecular complexity index is 602. The maximum Gasteiger partial charge on any atom is 0.352 e. The zero-order chi connectivity index (χ0) is 13.2. The number of carbonyl (C=O) groups is 1. The lowest BCUT2D eigenvalue weighted by Gasteiger charge is -2.21. The summed E-state index contributed by atoms with van der Waals surface area (Å²) in [6.07, 6.45) is 2.84. The van der Waals surface area contributed by atoms with Crippen molar-refractivity contribution in [3.63, 3.8) is 0 Å². The first-order valence-electron chi connectivity index (χ1n) is 6.40. The molecule has 0 bridgehead atoms. The van der Waals surface area contributed by atoms with Gasteiger partial charge in [-0.05, 0) is 30.9 Å². The Labute approximate surface area is 110 Å². The molecule has 0 radical (unpaired) electrons. The van der Waals surface area contributed by atoms with Crippen LogP contribution in [-0.2, 0) is 11.2 Å². The zero-order valence-electron chi connectivity index (χ0n) is 10.5. The lowest BCUT2D eigenvalue weighted by molar-refractivity contribution is 0.0541. The number of rotatable bonds is 3. The van der Waals surface area contributed by atoms with Gasteiger partial charge < -0.3 is 9.84 Å². The number of carboxylic acid groups (broad SMARTS) is 1. The van der Waals surface area contributed by atoms with Crippen molar-refractivity contribution in [3.05, 3.63) is 29.7 Å². The average molecular weight is 261 g/mol. The molecule has 6 nitrogen and oxygen atoms in total. The summed E-state index contributed by atoms with van der Waals surface area (Å²) >= 11 is 0. The molecular weight excluding hydrogens is 246 g/mol. The normalized spacial score (nSPS) is 19.7. The highest BCUT2D eigenvalue weighted by molar-refractivity contribution is 5.86. The van der Waals surface area contributed by atoms with E-state index in [9.17, 15) is 9.90 Å². The molecule has 0 amide bonds. The zero-order valence-corrected chi connectivity index (χ0v) is 10.5. The average Bonchev–Trinajstić information content (AvgIpc) is 2.83. The van der Waals surface area contributed by atoms with Crippen LogP contribution in [0.4, 0.5) is 0 Å². The van der Waals surface area contributed by atoms with Crippen LogP contribution in [0.5, 0.6) is 0 Å². The fourth-order valence-corrected chi connectivity index (χ4v) is 2.53. The second-order valence-electron chi connectivity index (χ2n) is 4.81. The number of nitrogens with zero attached hydrogens (tertiary/aromatic N) is 3. The van der Waals surface area contributed by atoms with Crippen molar-refractivity contribution >= 4 is 11.6 Å². The molecule has 1 N–H and O–H groups in total. The number of aromatic carboxylic acids is 1. The molecule has 1 aliphatic rings. The first-order valence-corrected chi connectivity index (χ1v) is 6.40. The van der Waals surface area contributed by atoms with Crippen molar-refractivity contribution in [3.8, 4) is 0 Å². The van der Waals surface area contributed by atoms with E-state index >= 15 is 0 Å². The minimum Gasteiger partial charge on any atom is -0.477 e. The highest BCUT2D eigenvalue weighted by Gasteiger charge is 2.20. The van der Waals surface area contributed by atoms with Gasteiger partial charge in [-0.15, -0.1) is 10.2 Å². The number of pyridine rings is 1. The summed E-state index contributed by atoms with van der Waals surface area (Å²) in [7, 11) is 0. The predicted molar refractivity (Wildman–Crippen MR) is 67.2 cm³/mol. The largest absolute Gasteiger partial charge is 0.477 e. The lowest BCUT2D eigenvalue weighted by Crippen LogP contribution is -2.21. The third-order valence-corrected chi connectivity index (χ3v) is 3.44. The summed E-state index contributed by atoms with van der Waals surface area (Å²) in [5, 5.41) is 17.4. The van der Waals surface area contributed by atoms with Gasteiger partial charge in [0, 0.05) is 19.6 Å². The molecule has 2 aromatic rings. The molecule has 1 unspecified atom stereocenters. The number of ether oxygens (including phenoxy) is 1. The Morgan fingerprint density at radius 2 is 2.37 bits per heavy atom. The fourth-order valence-electron chi connectivity index (χ4n) is 2.53. The minimum absolute atomic E-state index is 0.203. The molecule has 3 heterocycles. The van der Waals surface area contributed by atoms with E-state index in [0.717, 1.165) is 19.4 Å². The van der Waals surface area contributed by atoms with E-state index in [2.05, 4.69) is 10.2 Å². The highest BCUT2D eigenvalue weighted by atomic mass is 16.5. The van der Waals surface area contributed by atoms with Crippen LogP contribution in [0.15, 0.2) is 18.2 Å². The Balaban J connectivity index is 1.96. The first kappa shape index (κ1) is 12.1. The van der Waals surface area contributed by atoms with Crippen molar-refractivity contribution in [2.75, 3.05) is 13.2 Å². The van der Waals surface area contributed by atoms with E-state index in [1.54, 1.807) is 22.6 Å². The van der Waals surface area contributed by atoms with Gasteiger partial charge in [-0.25, -0.2) is 4.79 Å². The Hall–Kier alpha value is -1.95. The second-order valence-corrected chi connectivity index (χ2v) is 4.81. The highest BCUT2D eigenvalue weighted by Crippen LogP contribution is 2.19. The second kappa shape index (κ2) is 4.97. The van der Waals surface area contributed by atoms with Crippen molar-refractivity contribution in [1.82, 2.24) is 14.6 Å². The van der Waals surface area contributed by atoms with Crippen LogP contribution in [0.3, 0.4) is 0 Å². The van der Waals surface area contributed by atoms with Crippen LogP contribution in [0.2, 0.25) is 0 Å². The summed E-state index contributed by atoms with van der Waals surface area (Å²) in [5.74, 6) is 0.123. The van der Waals surface area contributed by atoms with Gasteiger partial charge in [-0.1, -0.05) is 6.07 Å². The monoisotopic (exact) mass is 261 g/mol. The number of hydrogen-bond acceptors (Lipinski definition) is 4. The molecule has 2 aromatic heterocycles. The van der Waals surface area contributed by atoms with E-state index < -0.39 is 5.97 Å². The first-order chi connectivity index (χ1) is 9.25. The van der Waals surface area contributed by atoms with Crippen molar-refractivity contribution in [2.24, 2.45) is 5.92 Å². The predicted octanol–water partition coefficient (Wildman–Crippen LogP) is 1.40. The molecule has 0 aliphatic carbocycles. The van der Waals surface area contributed by atoms with Crippen molar-refractivity contribution in [2.45, 2.75) is 19.3 Å². The maximum atomic E-state index is 11.3. The molecule has 100 valence electrons. The lowest BCUT2D eigenvalue weighted by atomic mass is 9.98. The summed E-state index contributed by atoms with van der Waals surface area (Å²) in [6.45, 7) is 1.53. The van der Waals surface area contributed by atoms with Gasteiger partial charge in [0.2, 0.25) is 0 Å². The SMILES string of the molecule is O=C(O)c1cccc2nnc(CC3CCCOC3)n12. The van der Waals surface area contributed by atoms with Gasteiger partial charge in [-0.3, -0.25) is 4.40 Å². The topological polar surface area (TPSA) is 76.7 Å². The third-order valence-electron chi connectivity index (χ3n) is 3.44. The quantitative estimate of drug-likeness (QED) is 0.903. The fraction of sp³-hybridized carbons (Fsp3) is 0.462. The van der Waals surface area contributed by atoms with Gasteiger partial charge in [0.25, 0.3) is 0 Å². The van der Waals surface area contributed by atoms with E-state index in [0.29, 0.717) is 30.4 Å². The molecule has 1 aliphatic heterocycles. The van der Waals surface area contributed by atoms with E-state index in [1.165, 1.54) is 0 Å². The van der Waals surface area contributed by atoms with E-state index in [-0.39, 0.29) is 5.69 Å². The van der Waals surface area contributed by atoms with Gasteiger partial charge in [0.1, 0.15) is 11.5 Å². The number of fused-ring (bicyclic) bond motifs is 1. The van der Waals surface area contributed by atoms with Gasteiger partial charge in [-0.2, -0.15) is 0 Å².